The van der Waals surface area contributed by atoms with Crippen LogP contribution in [0.3, 0.4) is 0 Å². The smallest absolute Gasteiger partial charge is 0.158 e. The summed E-state index contributed by atoms with van der Waals surface area (Å²) < 4.78 is 7.13. The van der Waals surface area contributed by atoms with Gasteiger partial charge in [0.15, 0.2) is 5.78 Å². The van der Waals surface area contributed by atoms with E-state index in [2.05, 4.69) is 31.1 Å². The zero-order valence-corrected chi connectivity index (χ0v) is 23.4. The molecule has 1 heterocycles. The van der Waals surface area contributed by atoms with Crippen LogP contribution < -0.4 is 4.74 Å². The van der Waals surface area contributed by atoms with E-state index in [9.17, 15) is 9.90 Å². The number of Topliss-reactive ketones (excluding diaryl/α,β-unsaturated/α-hetero) is 1. The lowest BCUT2D eigenvalue weighted by atomic mass is 9.44. The monoisotopic (exact) mass is 507 g/mol. The largest absolute Gasteiger partial charge is 0.497 e. The molecule has 37 heavy (non-hydrogen) atoms. The number of benzene rings is 1. The number of rotatable bonds is 5. The van der Waals surface area contributed by atoms with Crippen molar-refractivity contribution < 1.29 is 14.6 Å². The molecule has 202 valence electrons. The van der Waals surface area contributed by atoms with Gasteiger partial charge in [0.25, 0.3) is 0 Å². The summed E-state index contributed by atoms with van der Waals surface area (Å²) in [6.07, 6.45) is 10.2. The quantitative estimate of drug-likeness (QED) is 0.533. The lowest BCUT2D eigenvalue weighted by Crippen LogP contribution is -2.55. The van der Waals surface area contributed by atoms with Crippen LogP contribution in [0.1, 0.15) is 85.5 Å². The Morgan fingerprint density at radius 1 is 1.11 bits per heavy atom. The first-order chi connectivity index (χ1) is 17.6. The highest BCUT2D eigenvalue weighted by Crippen LogP contribution is 2.69. The van der Waals surface area contributed by atoms with Crippen molar-refractivity contribution in [1.82, 2.24) is 15.0 Å². The first-order valence-electron chi connectivity index (χ1n) is 14.7. The van der Waals surface area contributed by atoms with Crippen LogP contribution in [-0.2, 0) is 11.3 Å². The summed E-state index contributed by atoms with van der Waals surface area (Å²) >= 11 is 0. The highest BCUT2D eigenvalue weighted by molar-refractivity contribution is 5.84. The van der Waals surface area contributed by atoms with Crippen molar-refractivity contribution in [2.75, 3.05) is 7.11 Å². The van der Waals surface area contributed by atoms with Crippen LogP contribution in [0.25, 0.3) is 11.0 Å². The van der Waals surface area contributed by atoms with Gasteiger partial charge in [-0.15, -0.1) is 5.10 Å². The van der Waals surface area contributed by atoms with E-state index in [-0.39, 0.29) is 11.3 Å². The van der Waals surface area contributed by atoms with Crippen molar-refractivity contribution in [3.05, 3.63) is 18.2 Å². The predicted molar refractivity (Wildman–Crippen MR) is 144 cm³/mol. The molecule has 1 N–H and O–H groups in total. The summed E-state index contributed by atoms with van der Waals surface area (Å²) in [5, 5.41) is 19.5. The second-order valence-electron chi connectivity index (χ2n) is 13.9. The lowest BCUT2D eigenvalue weighted by Gasteiger charge is -2.61. The Morgan fingerprint density at radius 3 is 2.68 bits per heavy atom. The average Bonchev–Trinajstić information content (AvgIpc) is 3.41. The fourth-order valence-electron chi connectivity index (χ4n) is 10.1. The number of carbonyl (C=O) groups excluding carboxylic acids is 1. The van der Waals surface area contributed by atoms with Crippen LogP contribution in [0, 0.1) is 46.3 Å². The maximum atomic E-state index is 14.1. The number of hydrogen-bond acceptors (Lipinski definition) is 5. The van der Waals surface area contributed by atoms with Crippen molar-refractivity contribution in [2.24, 2.45) is 46.3 Å². The predicted octanol–water partition coefficient (Wildman–Crippen LogP) is 6.06. The third kappa shape index (κ3) is 3.87. The molecular formula is C31H45N3O3. The number of fused-ring (bicyclic) bond motifs is 6. The van der Waals surface area contributed by atoms with E-state index in [1.807, 2.05) is 25.1 Å². The molecule has 1 aromatic carbocycles. The van der Waals surface area contributed by atoms with Crippen LogP contribution >= 0.6 is 0 Å². The maximum Gasteiger partial charge on any atom is 0.158 e. The van der Waals surface area contributed by atoms with Gasteiger partial charge < -0.3 is 9.84 Å². The van der Waals surface area contributed by atoms with E-state index in [1.54, 1.807) is 11.8 Å². The van der Waals surface area contributed by atoms with Crippen LogP contribution in [0.4, 0.5) is 0 Å². The van der Waals surface area contributed by atoms with E-state index in [1.165, 1.54) is 25.7 Å². The highest BCUT2D eigenvalue weighted by atomic mass is 16.5. The van der Waals surface area contributed by atoms with Crippen LogP contribution in [0.2, 0.25) is 0 Å². The number of aliphatic hydroxyl groups is 1. The molecule has 0 aliphatic heterocycles. The number of aromatic nitrogens is 3. The number of carbonyl (C=O) groups is 1. The Hall–Kier alpha value is -1.95. The average molecular weight is 508 g/mol. The van der Waals surface area contributed by atoms with Gasteiger partial charge in [-0.2, -0.15) is 0 Å². The molecule has 0 unspecified atom stereocenters. The zero-order valence-electron chi connectivity index (χ0n) is 23.4. The van der Waals surface area contributed by atoms with Crippen molar-refractivity contribution in [3.63, 3.8) is 0 Å². The van der Waals surface area contributed by atoms with E-state index in [4.69, 9.17) is 4.74 Å². The SMILES string of the molecule is CC[C@@H]1C[C@H]2[C@@H]3CC[C@H]4C[C@](C)(O)CC[C@]4(C)[C@H]3CC[C@]2(C)[C@H]1C(=O)Cn1nnc2cc(OC)ccc21. The number of ketones is 1. The first kappa shape index (κ1) is 25.3. The Labute approximate surface area is 221 Å². The van der Waals surface area contributed by atoms with E-state index < -0.39 is 5.60 Å². The van der Waals surface area contributed by atoms with E-state index >= 15 is 0 Å². The summed E-state index contributed by atoms with van der Waals surface area (Å²) in [5.41, 5.74) is 1.59. The van der Waals surface area contributed by atoms with E-state index in [0.717, 1.165) is 60.7 Å². The Bertz CT molecular complexity index is 1190. The minimum absolute atomic E-state index is 0.0713. The Morgan fingerprint density at radius 2 is 1.92 bits per heavy atom. The molecule has 0 bridgehead atoms. The van der Waals surface area contributed by atoms with Gasteiger partial charge in [-0.3, -0.25) is 4.79 Å². The molecule has 6 nitrogen and oxygen atoms in total. The molecule has 0 radical (unpaired) electrons. The van der Waals surface area contributed by atoms with Crippen LogP contribution in [-0.4, -0.2) is 38.6 Å². The molecule has 0 amide bonds. The van der Waals surface area contributed by atoms with Gasteiger partial charge in [0.2, 0.25) is 0 Å². The minimum Gasteiger partial charge on any atom is -0.497 e. The zero-order chi connectivity index (χ0) is 26.2. The molecule has 9 atom stereocenters. The molecule has 4 saturated carbocycles. The molecule has 0 saturated heterocycles. The fraction of sp³-hybridized carbons (Fsp3) is 0.774. The fourth-order valence-corrected chi connectivity index (χ4v) is 10.1. The van der Waals surface area contributed by atoms with Gasteiger partial charge in [0, 0.05) is 12.0 Å². The summed E-state index contributed by atoms with van der Waals surface area (Å²) in [7, 11) is 1.65. The molecular weight excluding hydrogens is 462 g/mol. The summed E-state index contributed by atoms with van der Waals surface area (Å²) in [6, 6.07) is 5.76. The minimum atomic E-state index is -0.491. The molecule has 4 aliphatic rings. The van der Waals surface area contributed by atoms with Crippen molar-refractivity contribution >= 4 is 16.8 Å². The summed E-state index contributed by atoms with van der Waals surface area (Å²) in [4.78, 5) is 14.1. The molecule has 4 aliphatic carbocycles. The van der Waals surface area contributed by atoms with Crippen LogP contribution in [0.5, 0.6) is 5.75 Å². The molecule has 4 fully saturated rings. The number of ether oxygens (including phenoxy) is 1. The summed E-state index contributed by atoms with van der Waals surface area (Å²) in [5.74, 6) is 4.36. The third-order valence-corrected chi connectivity index (χ3v) is 12.0. The van der Waals surface area contributed by atoms with Gasteiger partial charge >= 0.3 is 0 Å². The van der Waals surface area contributed by atoms with Crippen molar-refractivity contribution in [2.45, 2.75) is 97.6 Å². The van der Waals surface area contributed by atoms with Crippen molar-refractivity contribution in [3.8, 4) is 5.75 Å². The number of hydrogen-bond donors (Lipinski definition) is 1. The normalized spacial score (nSPS) is 43.2. The molecule has 2 aromatic rings. The first-order valence-corrected chi connectivity index (χ1v) is 14.7. The molecule has 6 rings (SSSR count). The van der Waals surface area contributed by atoms with Crippen LogP contribution in [0.15, 0.2) is 18.2 Å². The van der Waals surface area contributed by atoms with Gasteiger partial charge in [-0.05, 0) is 111 Å². The topological polar surface area (TPSA) is 77.2 Å². The molecule has 6 heteroatoms. The summed E-state index contributed by atoms with van der Waals surface area (Å²) in [6.45, 7) is 9.63. The number of nitrogens with zero attached hydrogens (tertiary/aromatic N) is 3. The van der Waals surface area contributed by atoms with E-state index in [0.29, 0.717) is 35.5 Å². The third-order valence-electron chi connectivity index (χ3n) is 12.0. The van der Waals surface area contributed by atoms with Gasteiger partial charge in [0.05, 0.1) is 18.2 Å². The second-order valence-corrected chi connectivity index (χ2v) is 13.9. The van der Waals surface area contributed by atoms with Gasteiger partial charge in [-0.1, -0.05) is 32.4 Å². The van der Waals surface area contributed by atoms with Crippen molar-refractivity contribution in [1.29, 1.82) is 0 Å². The maximum absolute atomic E-state index is 14.1. The second kappa shape index (κ2) is 8.79. The standard InChI is InChI=1S/C31H45N3O3/c1-6-19-15-24-22-9-7-20-17-29(2,36)13-14-30(20,3)23(22)11-12-31(24,4)28(19)27(35)18-34-26-10-8-21(37-5)16-25(26)32-33-34/h8,10,16,19-20,22-24,28,36H,6-7,9,11-15,17-18H2,1-5H3/t19-,20+,22-,23+,24+,28-,29-,30+,31+/m1/s1. The lowest BCUT2D eigenvalue weighted by molar-refractivity contribution is -0.151. The molecule has 0 spiro atoms. The Balaban J connectivity index is 1.26. The Kier molecular flexibility index (Phi) is 6.02. The number of methoxy groups -OCH3 is 1. The highest BCUT2D eigenvalue weighted by Gasteiger charge is 2.63. The molecule has 1 aromatic heterocycles. The van der Waals surface area contributed by atoms with Gasteiger partial charge in [0.1, 0.15) is 17.8 Å². The van der Waals surface area contributed by atoms with Gasteiger partial charge in [-0.25, -0.2) is 4.68 Å².